The summed E-state index contributed by atoms with van der Waals surface area (Å²) in [7, 11) is 0. The molecule has 19 heavy (non-hydrogen) atoms. The minimum Gasteiger partial charge on any atom is -0.354 e. The summed E-state index contributed by atoms with van der Waals surface area (Å²) in [6.45, 7) is 1.77. The molecule has 0 bridgehead atoms. The second-order valence-corrected chi connectivity index (χ2v) is 7.06. The fourth-order valence-corrected chi connectivity index (χ4v) is 4.51. The van der Waals surface area contributed by atoms with E-state index < -0.39 is 0 Å². The fourth-order valence-electron chi connectivity index (χ4n) is 3.30. The van der Waals surface area contributed by atoms with Gasteiger partial charge in [0.05, 0.1) is 0 Å². The summed E-state index contributed by atoms with van der Waals surface area (Å²) in [5, 5.41) is 7.23. The molecule has 2 fully saturated rings. The first-order chi connectivity index (χ1) is 9.27. The second kappa shape index (κ2) is 5.73. The van der Waals surface area contributed by atoms with E-state index in [9.17, 15) is 4.79 Å². The number of nitrogens with one attached hydrogen (secondary N) is 2. The Bertz CT molecular complexity index is 377. The lowest BCUT2D eigenvalue weighted by Gasteiger charge is -2.39. The summed E-state index contributed by atoms with van der Waals surface area (Å²) >= 11 is 1.82. The molecule has 2 aliphatic heterocycles. The van der Waals surface area contributed by atoms with Gasteiger partial charge in [-0.15, -0.1) is 0 Å². The molecule has 5 heteroatoms. The summed E-state index contributed by atoms with van der Waals surface area (Å²) in [5.74, 6) is 1.31. The topological polar surface area (TPSA) is 53.5 Å². The predicted octanol–water partition coefficient (Wildman–Crippen LogP) is 1.91. The number of hydrogen-bond donors (Lipinski definition) is 2. The van der Waals surface area contributed by atoms with Gasteiger partial charge < -0.3 is 10.6 Å². The van der Waals surface area contributed by atoms with E-state index in [-0.39, 0.29) is 11.9 Å². The van der Waals surface area contributed by atoms with Crippen LogP contribution in [0.5, 0.6) is 0 Å². The van der Waals surface area contributed by atoms with Crippen molar-refractivity contribution in [2.75, 3.05) is 18.8 Å². The molecule has 106 valence electrons. The number of nitrogens with zero attached hydrogens (tertiary/aromatic N) is 1. The molecular formula is C14H23N3OS. The van der Waals surface area contributed by atoms with E-state index in [0.717, 1.165) is 31.1 Å². The number of piperidine rings is 1. The van der Waals surface area contributed by atoms with Gasteiger partial charge in [-0.25, -0.2) is 0 Å². The molecule has 1 amide bonds. The van der Waals surface area contributed by atoms with Crippen molar-refractivity contribution < 1.29 is 4.79 Å². The summed E-state index contributed by atoms with van der Waals surface area (Å²) in [6.07, 6.45) is 8.78. The number of carbonyl (C=O) groups excluding carboxylic acids is 1. The molecule has 4 nitrogen and oxygen atoms in total. The Morgan fingerprint density at radius 1 is 1.26 bits per heavy atom. The molecule has 1 unspecified atom stereocenters. The number of carbonyl (C=O) groups is 1. The van der Waals surface area contributed by atoms with Crippen LogP contribution in [-0.4, -0.2) is 36.0 Å². The molecular weight excluding hydrogens is 258 g/mol. The maximum atomic E-state index is 11.7. The van der Waals surface area contributed by atoms with Crippen LogP contribution in [0, 0.1) is 5.41 Å². The molecule has 0 aromatic carbocycles. The van der Waals surface area contributed by atoms with Crippen LogP contribution < -0.4 is 10.6 Å². The van der Waals surface area contributed by atoms with Crippen molar-refractivity contribution in [3.05, 3.63) is 0 Å². The third kappa shape index (κ3) is 3.07. The van der Waals surface area contributed by atoms with Crippen molar-refractivity contribution >= 4 is 22.8 Å². The minimum absolute atomic E-state index is 0.0691. The second-order valence-electron chi connectivity index (χ2n) is 6.10. The van der Waals surface area contributed by atoms with Crippen molar-refractivity contribution in [1.82, 2.24) is 10.6 Å². The van der Waals surface area contributed by atoms with E-state index in [1.807, 2.05) is 11.8 Å². The van der Waals surface area contributed by atoms with Gasteiger partial charge >= 0.3 is 0 Å². The number of amides is 1. The van der Waals surface area contributed by atoms with Crippen molar-refractivity contribution in [3.8, 4) is 0 Å². The Morgan fingerprint density at radius 2 is 2.11 bits per heavy atom. The standard InChI is InChI=1S/C14H23N3OS/c18-12-11(5-4-8-15-12)17-13-16-9-14(10-19-13)6-2-1-3-7-14/h11H,1-10H2,(H,15,18)(H,16,17). The van der Waals surface area contributed by atoms with Crippen LogP contribution in [0.1, 0.15) is 44.9 Å². The minimum atomic E-state index is -0.0691. The Kier molecular flexibility index (Phi) is 4.01. The molecule has 0 aromatic heterocycles. The average Bonchev–Trinajstić information content (AvgIpc) is 2.45. The van der Waals surface area contributed by atoms with Crippen LogP contribution >= 0.6 is 11.8 Å². The van der Waals surface area contributed by atoms with E-state index in [2.05, 4.69) is 10.6 Å². The van der Waals surface area contributed by atoms with E-state index in [0.29, 0.717) is 5.41 Å². The Balaban J connectivity index is 1.57. The molecule has 0 aromatic rings. The number of thioether (sulfide) groups is 1. The third-order valence-corrected chi connectivity index (χ3v) is 5.85. The molecule has 0 radical (unpaired) electrons. The Morgan fingerprint density at radius 3 is 2.79 bits per heavy atom. The first-order valence-electron chi connectivity index (χ1n) is 7.49. The van der Waals surface area contributed by atoms with E-state index in [4.69, 9.17) is 4.99 Å². The zero-order chi connectivity index (χ0) is 13.1. The number of aliphatic imine (C=N–C) groups is 1. The van der Waals surface area contributed by atoms with Crippen molar-refractivity contribution in [3.63, 3.8) is 0 Å². The van der Waals surface area contributed by atoms with Crippen molar-refractivity contribution in [2.45, 2.75) is 51.0 Å². The lowest BCUT2D eigenvalue weighted by Crippen LogP contribution is -2.50. The Hall–Kier alpha value is -0.710. The van der Waals surface area contributed by atoms with Crippen LogP contribution in [0.2, 0.25) is 0 Å². The average molecular weight is 281 g/mol. The zero-order valence-corrected chi connectivity index (χ0v) is 12.2. The van der Waals surface area contributed by atoms with E-state index >= 15 is 0 Å². The quantitative estimate of drug-likeness (QED) is 0.772. The summed E-state index contributed by atoms with van der Waals surface area (Å²) in [6, 6.07) is -0.0691. The van der Waals surface area contributed by atoms with Gasteiger partial charge in [0.15, 0.2) is 5.17 Å². The molecule has 2 heterocycles. The molecule has 1 atom stereocenters. The van der Waals surface area contributed by atoms with Crippen molar-refractivity contribution in [2.24, 2.45) is 10.4 Å². The van der Waals surface area contributed by atoms with Gasteiger partial charge in [0, 0.05) is 18.8 Å². The highest BCUT2D eigenvalue weighted by atomic mass is 32.2. The molecule has 3 aliphatic rings. The maximum Gasteiger partial charge on any atom is 0.242 e. The molecule has 1 aliphatic carbocycles. The summed E-state index contributed by atoms with van der Waals surface area (Å²) in [4.78, 5) is 16.4. The lowest BCUT2D eigenvalue weighted by molar-refractivity contribution is -0.124. The van der Waals surface area contributed by atoms with Gasteiger partial charge in [-0.2, -0.15) is 0 Å². The highest BCUT2D eigenvalue weighted by molar-refractivity contribution is 8.13. The first kappa shape index (κ1) is 13.3. The van der Waals surface area contributed by atoms with Gasteiger partial charge in [-0.05, 0) is 31.1 Å². The SMILES string of the molecule is O=C1NCCCC1NC1=NCC2(CCCCC2)CS1. The van der Waals surface area contributed by atoms with Crippen LogP contribution in [0.15, 0.2) is 4.99 Å². The fraction of sp³-hybridized carbons (Fsp3) is 0.857. The number of hydrogen-bond acceptors (Lipinski definition) is 4. The zero-order valence-electron chi connectivity index (χ0n) is 11.4. The molecule has 3 rings (SSSR count). The van der Waals surface area contributed by atoms with Gasteiger partial charge in [0.25, 0.3) is 0 Å². The number of rotatable bonds is 1. The summed E-state index contributed by atoms with van der Waals surface area (Å²) < 4.78 is 0. The molecule has 1 saturated carbocycles. The van der Waals surface area contributed by atoms with Gasteiger partial charge in [0.1, 0.15) is 6.04 Å². The molecule has 1 saturated heterocycles. The number of amidine groups is 1. The predicted molar refractivity (Wildman–Crippen MR) is 79.4 cm³/mol. The highest BCUT2D eigenvalue weighted by Crippen LogP contribution is 2.41. The van der Waals surface area contributed by atoms with Crippen LogP contribution in [0.25, 0.3) is 0 Å². The largest absolute Gasteiger partial charge is 0.354 e. The van der Waals surface area contributed by atoms with Crippen LogP contribution in [0.4, 0.5) is 0 Å². The smallest absolute Gasteiger partial charge is 0.242 e. The van der Waals surface area contributed by atoms with Gasteiger partial charge in [-0.3, -0.25) is 9.79 Å². The van der Waals surface area contributed by atoms with Gasteiger partial charge in [-0.1, -0.05) is 31.0 Å². The van der Waals surface area contributed by atoms with Crippen LogP contribution in [-0.2, 0) is 4.79 Å². The third-order valence-electron chi connectivity index (χ3n) is 4.57. The molecule has 1 spiro atoms. The maximum absolute atomic E-state index is 11.7. The lowest BCUT2D eigenvalue weighted by atomic mass is 9.75. The molecule has 2 N–H and O–H groups in total. The van der Waals surface area contributed by atoms with Crippen molar-refractivity contribution in [1.29, 1.82) is 0 Å². The summed E-state index contributed by atoms with van der Waals surface area (Å²) in [5.41, 5.74) is 0.461. The van der Waals surface area contributed by atoms with E-state index in [1.165, 1.54) is 37.9 Å². The monoisotopic (exact) mass is 281 g/mol. The normalized spacial score (nSPS) is 30.6. The first-order valence-corrected chi connectivity index (χ1v) is 8.48. The van der Waals surface area contributed by atoms with Crippen LogP contribution in [0.3, 0.4) is 0 Å². The van der Waals surface area contributed by atoms with Gasteiger partial charge in [0.2, 0.25) is 5.91 Å². The Labute approximate surface area is 119 Å². The highest BCUT2D eigenvalue weighted by Gasteiger charge is 2.35. The van der Waals surface area contributed by atoms with E-state index in [1.54, 1.807) is 0 Å².